The van der Waals surface area contributed by atoms with Crippen molar-refractivity contribution < 1.29 is 4.79 Å². The van der Waals surface area contributed by atoms with E-state index in [4.69, 9.17) is 0 Å². The number of aliphatic imine (C=N–C) groups is 1. The lowest BCUT2D eigenvalue weighted by Gasteiger charge is -2.24. The molecule has 25 heavy (non-hydrogen) atoms. The first-order valence-corrected chi connectivity index (χ1v) is 9.06. The van der Waals surface area contributed by atoms with Crippen LogP contribution in [0.5, 0.6) is 0 Å². The van der Waals surface area contributed by atoms with E-state index >= 15 is 0 Å². The van der Waals surface area contributed by atoms with Crippen LogP contribution in [0.2, 0.25) is 0 Å². The van der Waals surface area contributed by atoms with Gasteiger partial charge < -0.3 is 20.0 Å². The van der Waals surface area contributed by atoms with Crippen LogP contribution in [0.4, 0.5) is 0 Å². The van der Waals surface area contributed by atoms with Gasteiger partial charge in [-0.05, 0) is 45.2 Å². The van der Waals surface area contributed by atoms with Crippen LogP contribution in [-0.4, -0.2) is 86.5 Å². The van der Waals surface area contributed by atoms with Crippen molar-refractivity contribution in [3.8, 4) is 0 Å². The van der Waals surface area contributed by atoms with Crippen molar-refractivity contribution in [3.05, 3.63) is 12.2 Å². The van der Waals surface area contributed by atoms with E-state index in [-0.39, 0.29) is 36.4 Å². The average Bonchev–Trinajstić information content (AvgIpc) is 3.19. The van der Waals surface area contributed by atoms with E-state index in [1.54, 1.807) is 19.0 Å². The molecule has 0 aromatic rings. The van der Waals surface area contributed by atoms with Crippen LogP contribution in [0, 0.1) is 5.92 Å². The van der Waals surface area contributed by atoms with Crippen molar-refractivity contribution in [2.45, 2.75) is 26.2 Å². The number of likely N-dealkylation sites (N-methyl/N-ethyl adjacent to an activating group) is 1. The molecule has 0 bridgehead atoms. The zero-order valence-electron chi connectivity index (χ0n) is 16.0. The zero-order valence-corrected chi connectivity index (χ0v) is 18.3. The van der Waals surface area contributed by atoms with E-state index in [1.165, 1.54) is 38.9 Å². The first kappa shape index (κ1) is 22.2. The Morgan fingerprint density at radius 1 is 1.28 bits per heavy atom. The minimum atomic E-state index is 0. The van der Waals surface area contributed by atoms with Gasteiger partial charge in [-0.1, -0.05) is 12.2 Å². The molecule has 0 saturated carbocycles. The van der Waals surface area contributed by atoms with Gasteiger partial charge in [-0.2, -0.15) is 0 Å². The first-order chi connectivity index (χ1) is 11.5. The Bertz CT molecular complexity index is 474. The summed E-state index contributed by atoms with van der Waals surface area (Å²) in [6.07, 6.45) is 3.89. The highest BCUT2D eigenvalue weighted by Crippen LogP contribution is 2.20. The molecule has 0 radical (unpaired) electrons. The summed E-state index contributed by atoms with van der Waals surface area (Å²) in [7, 11) is 3.53. The number of rotatable bonds is 6. The number of nitrogens with one attached hydrogen (secondary N) is 1. The number of halogens is 1. The van der Waals surface area contributed by atoms with Gasteiger partial charge in [0.05, 0.1) is 0 Å². The summed E-state index contributed by atoms with van der Waals surface area (Å²) < 4.78 is 0. The predicted molar refractivity (Wildman–Crippen MR) is 115 cm³/mol. The highest BCUT2D eigenvalue weighted by Gasteiger charge is 2.27. The van der Waals surface area contributed by atoms with Crippen molar-refractivity contribution in [3.63, 3.8) is 0 Å². The van der Waals surface area contributed by atoms with Gasteiger partial charge in [0.1, 0.15) is 6.54 Å². The monoisotopic (exact) mass is 463 g/mol. The van der Waals surface area contributed by atoms with Crippen LogP contribution < -0.4 is 5.32 Å². The van der Waals surface area contributed by atoms with Gasteiger partial charge in [0.15, 0.2) is 5.96 Å². The standard InChI is InChI=1S/C18H33N5O.HI/c1-15(2)11-19-18(20-12-17(24)21(3)4)23-10-7-16(14-23)13-22-8-5-6-9-22;/h16H,1,5-14H2,2-4H3,(H,19,20);1H. The van der Waals surface area contributed by atoms with Crippen molar-refractivity contribution in [1.82, 2.24) is 20.0 Å². The maximum atomic E-state index is 11.8. The second-order valence-electron chi connectivity index (χ2n) is 7.35. The van der Waals surface area contributed by atoms with Gasteiger partial charge in [0.25, 0.3) is 0 Å². The molecule has 0 spiro atoms. The Kier molecular flexibility index (Phi) is 9.78. The van der Waals surface area contributed by atoms with E-state index in [9.17, 15) is 4.79 Å². The highest BCUT2D eigenvalue weighted by molar-refractivity contribution is 14.0. The molecule has 0 aromatic carbocycles. The fourth-order valence-corrected chi connectivity index (χ4v) is 3.29. The number of likely N-dealkylation sites (tertiary alicyclic amines) is 2. The molecule has 2 heterocycles. The molecule has 1 N–H and O–H groups in total. The van der Waals surface area contributed by atoms with E-state index in [0.29, 0.717) is 12.5 Å². The molecule has 2 aliphatic rings. The normalized spacial score (nSPS) is 21.2. The molecule has 2 fully saturated rings. The molecular weight excluding hydrogens is 429 g/mol. The molecule has 0 aliphatic carbocycles. The van der Waals surface area contributed by atoms with Crippen LogP contribution in [-0.2, 0) is 4.79 Å². The fourth-order valence-electron chi connectivity index (χ4n) is 3.29. The summed E-state index contributed by atoms with van der Waals surface area (Å²) in [4.78, 5) is 22.9. The van der Waals surface area contributed by atoms with Crippen LogP contribution in [0.1, 0.15) is 26.2 Å². The van der Waals surface area contributed by atoms with Gasteiger partial charge in [-0.25, -0.2) is 4.99 Å². The molecular formula is C18H34IN5O. The third-order valence-corrected chi connectivity index (χ3v) is 4.71. The zero-order chi connectivity index (χ0) is 17.5. The molecule has 6 nitrogen and oxygen atoms in total. The van der Waals surface area contributed by atoms with Crippen molar-refractivity contribution in [2.24, 2.45) is 10.9 Å². The van der Waals surface area contributed by atoms with Crippen LogP contribution in [0.3, 0.4) is 0 Å². The molecule has 1 amide bonds. The summed E-state index contributed by atoms with van der Waals surface area (Å²) >= 11 is 0. The van der Waals surface area contributed by atoms with Gasteiger partial charge in [-0.3, -0.25) is 4.79 Å². The molecule has 1 unspecified atom stereocenters. The molecule has 0 aromatic heterocycles. The average molecular weight is 463 g/mol. The SMILES string of the molecule is C=C(C)CNC(=NCC(=O)N(C)C)N1CCC(CN2CCCC2)C1.I. The Hall–Kier alpha value is -0.830. The van der Waals surface area contributed by atoms with Crippen LogP contribution in [0.25, 0.3) is 0 Å². The Labute approximate surface area is 169 Å². The van der Waals surface area contributed by atoms with Gasteiger partial charge in [0, 0.05) is 40.3 Å². The van der Waals surface area contributed by atoms with E-state index in [2.05, 4.69) is 26.7 Å². The van der Waals surface area contributed by atoms with Crippen molar-refractivity contribution in [1.29, 1.82) is 0 Å². The number of nitrogens with zero attached hydrogens (tertiary/aromatic N) is 4. The molecule has 1 atom stereocenters. The van der Waals surface area contributed by atoms with E-state index in [1.807, 2.05) is 6.92 Å². The Morgan fingerprint density at radius 2 is 1.96 bits per heavy atom. The number of carbonyl (C=O) groups is 1. The minimum absolute atomic E-state index is 0. The Morgan fingerprint density at radius 3 is 2.56 bits per heavy atom. The van der Waals surface area contributed by atoms with E-state index < -0.39 is 0 Å². The summed E-state index contributed by atoms with van der Waals surface area (Å²) in [6, 6.07) is 0. The van der Waals surface area contributed by atoms with Crippen molar-refractivity contribution >= 4 is 35.8 Å². The second-order valence-corrected chi connectivity index (χ2v) is 7.35. The van der Waals surface area contributed by atoms with Gasteiger partial charge in [0.2, 0.25) is 5.91 Å². The molecule has 7 heteroatoms. The number of hydrogen-bond acceptors (Lipinski definition) is 3. The summed E-state index contributed by atoms with van der Waals surface area (Å²) in [6.45, 7) is 12.6. The number of amides is 1. The lowest BCUT2D eigenvalue weighted by Crippen LogP contribution is -2.42. The second kappa shape index (κ2) is 11.0. The third-order valence-electron chi connectivity index (χ3n) is 4.71. The lowest BCUT2D eigenvalue weighted by molar-refractivity contribution is -0.127. The quantitative estimate of drug-likeness (QED) is 0.282. The largest absolute Gasteiger partial charge is 0.353 e. The maximum absolute atomic E-state index is 11.8. The minimum Gasteiger partial charge on any atom is -0.353 e. The molecule has 2 aliphatic heterocycles. The van der Waals surface area contributed by atoms with Gasteiger partial charge >= 0.3 is 0 Å². The lowest BCUT2D eigenvalue weighted by atomic mass is 10.1. The molecule has 2 rings (SSSR count). The van der Waals surface area contributed by atoms with Crippen molar-refractivity contribution in [2.75, 3.05) is 59.9 Å². The summed E-state index contributed by atoms with van der Waals surface area (Å²) in [5, 5.41) is 3.36. The van der Waals surface area contributed by atoms with Crippen LogP contribution >= 0.6 is 24.0 Å². The predicted octanol–water partition coefficient (Wildman–Crippen LogP) is 1.63. The first-order valence-electron chi connectivity index (χ1n) is 9.06. The fraction of sp³-hybridized carbons (Fsp3) is 0.778. The molecule has 2 saturated heterocycles. The number of guanidine groups is 1. The topological polar surface area (TPSA) is 51.2 Å². The third kappa shape index (κ3) is 7.52. The smallest absolute Gasteiger partial charge is 0.243 e. The van der Waals surface area contributed by atoms with Gasteiger partial charge in [-0.15, -0.1) is 24.0 Å². The maximum Gasteiger partial charge on any atom is 0.243 e. The van der Waals surface area contributed by atoms with E-state index in [0.717, 1.165) is 24.6 Å². The summed E-state index contributed by atoms with van der Waals surface area (Å²) in [5.41, 5.74) is 1.06. The van der Waals surface area contributed by atoms with Crippen LogP contribution in [0.15, 0.2) is 17.1 Å². The molecule has 144 valence electrons. The Balaban J connectivity index is 0.00000312. The number of carbonyl (C=O) groups excluding carboxylic acids is 1. The number of hydrogen-bond donors (Lipinski definition) is 1. The summed E-state index contributed by atoms with van der Waals surface area (Å²) in [5.74, 6) is 1.57. The highest BCUT2D eigenvalue weighted by atomic mass is 127.